The first kappa shape index (κ1) is 50.6. The van der Waals surface area contributed by atoms with Gasteiger partial charge in [0.1, 0.15) is 0 Å². The summed E-state index contributed by atoms with van der Waals surface area (Å²) < 4.78 is 73.9. The molecule has 57 heavy (non-hydrogen) atoms. The summed E-state index contributed by atoms with van der Waals surface area (Å²) in [4.78, 5) is 28.8. The Morgan fingerprint density at radius 2 is 1.07 bits per heavy atom. The van der Waals surface area contributed by atoms with E-state index >= 15 is 0 Å². The van der Waals surface area contributed by atoms with Crippen LogP contribution in [-0.2, 0) is 20.2 Å². The first-order valence-electron chi connectivity index (χ1n) is 18.8. The fourth-order valence-corrected chi connectivity index (χ4v) is 7.41. The molecule has 0 aromatic heterocycles. The van der Waals surface area contributed by atoms with Gasteiger partial charge < -0.3 is 35.1 Å². The third kappa shape index (κ3) is 13.6. The van der Waals surface area contributed by atoms with Gasteiger partial charge in [-0.1, -0.05) is 62.3 Å². The lowest BCUT2D eigenvalue weighted by molar-refractivity contribution is -0.176. The summed E-state index contributed by atoms with van der Waals surface area (Å²) in [6.45, 7) is 30.4. The molecule has 1 heterocycles. The average molecular weight is 839 g/mol. The molecule has 1 aliphatic heterocycles. The van der Waals surface area contributed by atoms with Crippen LogP contribution in [0.3, 0.4) is 0 Å². The Morgan fingerprint density at radius 1 is 0.632 bits per heavy atom. The van der Waals surface area contributed by atoms with Crippen LogP contribution in [-0.4, -0.2) is 122 Å². The second-order valence-electron chi connectivity index (χ2n) is 12.4. The highest BCUT2D eigenvalue weighted by Gasteiger charge is 2.33. The van der Waals surface area contributed by atoms with Crippen molar-refractivity contribution >= 4 is 48.8 Å². The number of fused-ring (bicyclic) bond motifs is 2. The van der Waals surface area contributed by atoms with Gasteiger partial charge in [0.15, 0.2) is 16.2 Å². The lowest BCUT2D eigenvalue weighted by Crippen LogP contribution is -2.47. The Balaban J connectivity index is 0.000000632. The maximum absolute atomic E-state index is 12.2. The van der Waals surface area contributed by atoms with Crippen molar-refractivity contribution in [3.8, 4) is 22.5 Å². The number of nitrogens with two attached hydrogens (primary N) is 2. The molecule has 0 amide bonds. The molecule has 0 saturated carbocycles. The number of carbonyl (C=O) groups is 2. The smallest absolute Gasteiger partial charge is 0.336 e. The summed E-state index contributed by atoms with van der Waals surface area (Å²) in [6, 6.07) is 7.55. The van der Waals surface area contributed by atoms with Gasteiger partial charge in [0.25, 0.3) is 10.1 Å². The molecule has 18 heteroatoms. The molecule has 2 aromatic rings. The van der Waals surface area contributed by atoms with Crippen LogP contribution < -0.4 is 16.5 Å². The molecule has 0 bridgehead atoms. The third-order valence-electron chi connectivity index (χ3n) is 9.34. The normalized spacial score (nSPS) is 11.5. The van der Waals surface area contributed by atoms with Gasteiger partial charge in [0, 0.05) is 22.6 Å². The molecular weight excluding hydrogens is 779 g/mol. The third-order valence-corrected chi connectivity index (χ3v) is 11.2. The molecule has 1 aliphatic carbocycles. The molecule has 8 N–H and O–H groups in total. The molecule has 318 valence electrons. The number of benzene rings is 3. The second-order valence-corrected chi connectivity index (χ2v) is 15.1. The number of nitrogen functional groups attached to an aromatic ring is 1. The zero-order valence-electron chi connectivity index (χ0n) is 34.4. The number of nitrogens with zero attached hydrogens (tertiary/aromatic N) is 3. The van der Waals surface area contributed by atoms with E-state index in [1.807, 2.05) is 0 Å². The Hall–Kier alpha value is -4.43. The molecule has 0 spiro atoms. The highest BCUT2D eigenvalue weighted by atomic mass is 32.2. The summed E-state index contributed by atoms with van der Waals surface area (Å²) in [6.07, 6.45) is 0. The lowest BCUT2D eigenvalue weighted by atomic mass is 9.89. The number of carboxylic acid groups (broad SMARTS) is 2. The molecule has 0 unspecified atom stereocenters. The van der Waals surface area contributed by atoms with Crippen LogP contribution in [0.25, 0.3) is 33.4 Å². The van der Waals surface area contributed by atoms with Crippen molar-refractivity contribution < 1.29 is 55.6 Å². The maximum Gasteiger partial charge on any atom is 0.336 e. The fraction of sp³-hybridized carbons (Fsp3) is 0.462. The van der Waals surface area contributed by atoms with Crippen molar-refractivity contribution in [3.63, 3.8) is 0 Å². The maximum atomic E-state index is 12.2. The van der Waals surface area contributed by atoms with Crippen LogP contribution in [0.1, 0.15) is 83.0 Å². The van der Waals surface area contributed by atoms with Gasteiger partial charge in [0.05, 0.1) is 16.8 Å². The van der Waals surface area contributed by atoms with E-state index in [0.29, 0.717) is 0 Å². The second kappa shape index (κ2) is 23.1. The molecule has 2 aromatic carbocycles. The van der Waals surface area contributed by atoms with Gasteiger partial charge in [-0.05, 0) is 101 Å². The summed E-state index contributed by atoms with van der Waals surface area (Å²) in [5.74, 6) is -3.62. The largest absolute Gasteiger partial charge is 0.478 e. The highest BCUT2D eigenvalue weighted by molar-refractivity contribution is 7.86. The van der Waals surface area contributed by atoms with E-state index in [1.54, 1.807) is 0 Å². The zero-order chi connectivity index (χ0) is 43.8. The molecular formula is C39H60N5O11S2+. The number of carboxylic acids is 2. The van der Waals surface area contributed by atoms with E-state index in [-0.39, 0.29) is 27.6 Å². The van der Waals surface area contributed by atoms with E-state index in [0.717, 1.165) is 30.3 Å². The van der Waals surface area contributed by atoms with Crippen molar-refractivity contribution in [1.82, 2.24) is 14.7 Å². The average Bonchev–Trinajstić information content (AvgIpc) is 3.15. The lowest BCUT2D eigenvalue weighted by Gasteiger charge is -2.19. The molecule has 0 fully saturated rings. The van der Waals surface area contributed by atoms with Crippen molar-refractivity contribution in [2.45, 2.75) is 72.1 Å². The van der Waals surface area contributed by atoms with Gasteiger partial charge in [-0.15, -0.1) is 0 Å². The number of anilines is 1. The first-order valence-corrected chi connectivity index (χ1v) is 21.7. The van der Waals surface area contributed by atoms with Crippen molar-refractivity contribution in [3.05, 3.63) is 58.9 Å². The van der Waals surface area contributed by atoms with Gasteiger partial charge in [0.2, 0.25) is 10.3 Å². The van der Waals surface area contributed by atoms with Crippen molar-refractivity contribution in [2.24, 2.45) is 0 Å². The minimum Gasteiger partial charge on any atom is -0.478 e. The minimum atomic E-state index is -5.11. The number of hydrogen-bond acceptors (Lipinski definition) is 11. The van der Waals surface area contributed by atoms with E-state index in [9.17, 15) is 45.7 Å². The SMILES string of the molecule is CCN(CC)CC.CCN(CC)CC.CCN(CC)CC.Nc1ccc2c(-c3cc(C(=O)O)ccc3C(=O)O)c3ccc(=[NH2+])c(S(=O)(=O)O)c-3oc2c1S(=O)(=O)O. The molecule has 0 radical (unpaired) electrons. The predicted octanol–water partition coefficient (Wildman–Crippen LogP) is 4.38. The predicted molar refractivity (Wildman–Crippen MR) is 222 cm³/mol. The van der Waals surface area contributed by atoms with Crippen LogP contribution >= 0.6 is 0 Å². The minimum absolute atomic E-state index is 0.180. The number of aromatic carboxylic acids is 2. The molecule has 0 saturated heterocycles. The fourth-order valence-electron chi connectivity index (χ4n) is 5.90. The topological polar surface area (TPSA) is 258 Å². The van der Waals surface area contributed by atoms with Gasteiger partial charge in [-0.2, -0.15) is 16.8 Å². The quantitative estimate of drug-likeness (QED) is 0.0585. The monoisotopic (exact) mass is 838 g/mol. The summed E-state index contributed by atoms with van der Waals surface area (Å²) in [7, 11) is -10.2. The number of hydrogen-bond donors (Lipinski definition) is 6. The van der Waals surface area contributed by atoms with E-state index in [2.05, 4.69) is 77.0 Å². The Morgan fingerprint density at radius 3 is 1.42 bits per heavy atom. The van der Waals surface area contributed by atoms with Crippen LogP contribution in [0.15, 0.2) is 56.7 Å². The molecule has 0 atom stereocenters. The van der Waals surface area contributed by atoms with Crippen LogP contribution in [0.5, 0.6) is 0 Å². The van der Waals surface area contributed by atoms with Gasteiger partial charge in [-0.25, -0.2) is 9.59 Å². The zero-order valence-corrected chi connectivity index (χ0v) is 36.0. The number of rotatable bonds is 14. The first-order chi connectivity index (χ1) is 26.7. The summed E-state index contributed by atoms with van der Waals surface area (Å²) >= 11 is 0. The molecule has 4 rings (SSSR count). The standard InChI is InChI=1S/C21H14N2O11S2.3C6H15N/c22-13-5-3-10-15(12-7-8(20(24)25)1-2-9(12)21(26)27)11-4-6-14(23)19(36(31,32)33)17(11)34-16(10)18(13)35(28,29)30;3*1-4-7(5-2)6-3/h1-7,22H,23H2,(H,24,25)(H,26,27)(H,28,29,30)(H,31,32,33);3*4-6H2,1-3H3/p+1. The van der Waals surface area contributed by atoms with Crippen molar-refractivity contribution in [1.29, 1.82) is 0 Å². The van der Waals surface area contributed by atoms with Gasteiger partial charge >= 0.3 is 22.1 Å². The van der Waals surface area contributed by atoms with E-state index in [4.69, 9.17) is 15.6 Å². The summed E-state index contributed by atoms with van der Waals surface area (Å²) in [5, 5.41) is 24.3. The highest BCUT2D eigenvalue weighted by Crippen LogP contribution is 2.45. The van der Waals surface area contributed by atoms with Crippen LogP contribution in [0.4, 0.5) is 5.69 Å². The van der Waals surface area contributed by atoms with E-state index in [1.165, 1.54) is 71.0 Å². The Kier molecular flexibility index (Phi) is 20.5. The Labute approximate surface area is 336 Å². The Bertz CT molecular complexity index is 2150. The van der Waals surface area contributed by atoms with Gasteiger partial charge in [-0.3, -0.25) is 14.5 Å². The van der Waals surface area contributed by atoms with Crippen LogP contribution in [0.2, 0.25) is 0 Å². The van der Waals surface area contributed by atoms with E-state index < -0.39 is 69.9 Å². The molecule has 16 nitrogen and oxygen atoms in total. The van der Waals surface area contributed by atoms with Crippen molar-refractivity contribution in [2.75, 3.05) is 64.6 Å². The molecule has 2 aliphatic rings. The van der Waals surface area contributed by atoms with Crippen LogP contribution in [0, 0.1) is 0 Å². The summed E-state index contributed by atoms with van der Waals surface area (Å²) in [5.41, 5.74) is 3.09.